The molecule has 0 aromatic carbocycles. The molecule has 5 atom stereocenters. The first-order valence-electron chi connectivity index (χ1n) is 8.79. The van der Waals surface area contributed by atoms with Crippen molar-refractivity contribution in [1.29, 1.82) is 0 Å². The van der Waals surface area contributed by atoms with E-state index in [0.29, 0.717) is 9.34 Å². The third kappa shape index (κ3) is 2.44. The summed E-state index contributed by atoms with van der Waals surface area (Å²) in [5, 5.41) is 0. The molecule has 3 rings (SSSR count). The van der Waals surface area contributed by atoms with Gasteiger partial charge in [-0.2, -0.15) is 0 Å². The van der Waals surface area contributed by atoms with Gasteiger partial charge in [-0.15, -0.1) is 0 Å². The van der Waals surface area contributed by atoms with E-state index < -0.39 is 0 Å². The summed E-state index contributed by atoms with van der Waals surface area (Å²) in [5.74, 6) is 1.52. The normalized spacial score (nSPS) is 47.9. The standard InChI is InChI=1S/C20H29IO/c1-5-17(22)20(4)11-6-10-19(3)15-9-12-18(2,21)13-14(15)7-8-16(19)20/h5,9,14,16H,1,6-8,10-13H2,2-4H3/t14?,16?,18-,19-,20+/m0/s1. The molecule has 2 saturated carbocycles. The van der Waals surface area contributed by atoms with E-state index in [1.807, 2.05) is 0 Å². The summed E-state index contributed by atoms with van der Waals surface area (Å²) in [6.45, 7) is 10.8. The molecule has 3 aliphatic rings. The van der Waals surface area contributed by atoms with Gasteiger partial charge in [-0.05, 0) is 61.9 Å². The number of hydrogen-bond donors (Lipinski definition) is 0. The molecule has 2 unspecified atom stereocenters. The van der Waals surface area contributed by atoms with E-state index >= 15 is 0 Å². The number of allylic oxidation sites excluding steroid dienone is 3. The van der Waals surface area contributed by atoms with Gasteiger partial charge >= 0.3 is 0 Å². The third-order valence-corrected chi connectivity index (χ3v) is 7.88. The number of ketones is 1. The molecule has 0 bridgehead atoms. The highest BCUT2D eigenvalue weighted by molar-refractivity contribution is 14.1. The fraction of sp³-hybridized carbons (Fsp3) is 0.750. The molecule has 22 heavy (non-hydrogen) atoms. The van der Waals surface area contributed by atoms with Crippen LogP contribution in [0.1, 0.15) is 65.7 Å². The second-order valence-electron chi connectivity index (χ2n) is 8.56. The molecule has 0 saturated heterocycles. The minimum atomic E-state index is -0.189. The fourth-order valence-electron chi connectivity index (χ4n) is 5.91. The maximum absolute atomic E-state index is 12.6. The lowest BCUT2D eigenvalue weighted by atomic mass is 9.46. The number of carbonyl (C=O) groups is 1. The molecule has 0 spiro atoms. The molecule has 0 amide bonds. The summed E-state index contributed by atoms with van der Waals surface area (Å²) in [5.41, 5.74) is 1.74. The Bertz CT molecular complexity index is 532. The van der Waals surface area contributed by atoms with Crippen LogP contribution in [-0.4, -0.2) is 9.20 Å². The van der Waals surface area contributed by atoms with Gasteiger partial charge in [0.05, 0.1) is 0 Å². The third-order valence-electron chi connectivity index (χ3n) is 7.00. The maximum atomic E-state index is 12.6. The molecule has 2 heteroatoms. The quantitative estimate of drug-likeness (QED) is 0.240. The van der Waals surface area contributed by atoms with Gasteiger partial charge in [0.25, 0.3) is 0 Å². The average molecular weight is 412 g/mol. The predicted octanol–water partition coefficient (Wildman–Crippen LogP) is 5.88. The second kappa shape index (κ2) is 5.46. The van der Waals surface area contributed by atoms with Crippen LogP contribution < -0.4 is 0 Å². The highest BCUT2D eigenvalue weighted by Gasteiger charge is 2.56. The van der Waals surface area contributed by atoms with Crippen molar-refractivity contribution in [3.05, 3.63) is 24.3 Å². The lowest BCUT2D eigenvalue weighted by molar-refractivity contribution is -0.134. The highest BCUT2D eigenvalue weighted by Crippen LogP contribution is 2.63. The summed E-state index contributed by atoms with van der Waals surface area (Å²) in [6, 6.07) is 0. The molecule has 1 nitrogen and oxygen atoms in total. The Labute approximate surface area is 149 Å². The van der Waals surface area contributed by atoms with E-state index in [2.05, 4.69) is 56.0 Å². The maximum Gasteiger partial charge on any atom is 0.161 e. The van der Waals surface area contributed by atoms with Crippen LogP contribution in [0.4, 0.5) is 0 Å². The SMILES string of the molecule is C=CC(=O)[C@]1(C)CCC[C@@]2(C)C3=CC[C@](C)(I)CC3CCC12. The van der Waals surface area contributed by atoms with Gasteiger partial charge in [-0.1, -0.05) is 68.0 Å². The van der Waals surface area contributed by atoms with Crippen LogP contribution in [0.25, 0.3) is 0 Å². The lowest BCUT2D eigenvalue weighted by Crippen LogP contribution is -2.52. The van der Waals surface area contributed by atoms with Gasteiger partial charge in [0.2, 0.25) is 0 Å². The van der Waals surface area contributed by atoms with E-state index in [1.165, 1.54) is 38.5 Å². The number of alkyl halides is 1. The summed E-state index contributed by atoms with van der Waals surface area (Å²) in [7, 11) is 0. The molecule has 0 aromatic rings. The highest BCUT2D eigenvalue weighted by atomic mass is 127. The van der Waals surface area contributed by atoms with Crippen LogP contribution in [-0.2, 0) is 4.79 Å². The van der Waals surface area contributed by atoms with Gasteiger partial charge in [-0.25, -0.2) is 0 Å². The summed E-state index contributed by atoms with van der Waals surface area (Å²) < 4.78 is 0.421. The van der Waals surface area contributed by atoms with Gasteiger partial charge in [0.1, 0.15) is 0 Å². The summed E-state index contributed by atoms with van der Waals surface area (Å²) in [6.07, 6.45) is 12.6. The van der Waals surface area contributed by atoms with Crippen molar-refractivity contribution >= 4 is 28.4 Å². The molecule has 2 fully saturated rings. The Morgan fingerprint density at radius 2 is 2.05 bits per heavy atom. The Morgan fingerprint density at radius 1 is 1.32 bits per heavy atom. The summed E-state index contributed by atoms with van der Waals surface area (Å²) >= 11 is 2.64. The van der Waals surface area contributed by atoms with E-state index in [9.17, 15) is 4.79 Å². The first-order valence-corrected chi connectivity index (χ1v) is 9.87. The molecule has 0 heterocycles. The number of fused-ring (bicyclic) bond motifs is 3. The van der Waals surface area contributed by atoms with Crippen molar-refractivity contribution in [3.8, 4) is 0 Å². The Morgan fingerprint density at radius 3 is 2.73 bits per heavy atom. The van der Waals surface area contributed by atoms with Crippen molar-refractivity contribution in [3.63, 3.8) is 0 Å². The number of halogens is 1. The van der Waals surface area contributed by atoms with Crippen molar-refractivity contribution in [1.82, 2.24) is 0 Å². The molecular weight excluding hydrogens is 383 g/mol. The van der Waals surface area contributed by atoms with E-state index in [4.69, 9.17) is 0 Å². The van der Waals surface area contributed by atoms with Crippen LogP contribution >= 0.6 is 22.6 Å². The smallest absolute Gasteiger partial charge is 0.161 e. The lowest BCUT2D eigenvalue weighted by Gasteiger charge is -2.58. The van der Waals surface area contributed by atoms with Gasteiger partial charge < -0.3 is 0 Å². The largest absolute Gasteiger partial charge is 0.294 e. The zero-order valence-electron chi connectivity index (χ0n) is 14.3. The van der Waals surface area contributed by atoms with Gasteiger partial charge in [0, 0.05) is 8.84 Å². The molecular formula is C20H29IO. The van der Waals surface area contributed by atoms with Gasteiger partial charge in [-0.3, -0.25) is 4.79 Å². The fourth-order valence-corrected chi connectivity index (χ4v) is 6.66. The minimum Gasteiger partial charge on any atom is -0.294 e. The van der Waals surface area contributed by atoms with Crippen LogP contribution in [0.5, 0.6) is 0 Å². The Balaban J connectivity index is 2.00. The van der Waals surface area contributed by atoms with E-state index in [1.54, 1.807) is 11.6 Å². The monoisotopic (exact) mass is 412 g/mol. The molecule has 0 radical (unpaired) electrons. The molecule has 0 aliphatic heterocycles. The van der Waals surface area contributed by atoms with E-state index in [0.717, 1.165) is 12.3 Å². The first kappa shape index (κ1) is 16.7. The number of rotatable bonds is 2. The van der Waals surface area contributed by atoms with Crippen LogP contribution in [0.15, 0.2) is 24.3 Å². The first-order chi connectivity index (χ1) is 10.2. The van der Waals surface area contributed by atoms with E-state index in [-0.39, 0.29) is 16.6 Å². The van der Waals surface area contributed by atoms with Crippen LogP contribution in [0.2, 0.25) is 0 Å². The minimum absolute atomic E-state index is 0.189. The molecule has 0 N–H and O–H groups in total. The predicted molar refractivity (Wildman–Crippen MR) is 101 cm³/mol. The zero-order chi connectivity index (χ0) is 16.2. The summed E-state index contributed by atoms with van der Waals surface area (Å²) in [4.78, 5) is 12.6. The van der Waals surface area contributed by atoms with Crippen molar-refractivity contribution in [2.24, 2.45) is 22.7 Å². The Hall–Kier alpha value is -0.120. The second-order valence-corrected chi connectivity index (χ2v) is 11.2. The number of carbonyl (C=O) groups excluding carboxylic acids is 1. The van der Waals surface area contributed by atoms with Crippen molar-refractivity contribution in [2.75, 3.05) is 0 Å². The topological polar surface area (TPSA) is 17.1 Å². The van der Waals surface area contributed by atoms with Crippen molar-refractivity contribution < 1.29 is 4.79 Å². The van der Waals surface area contributed by atoms with Crippen LogP contribution in [0.3, 0.4) is 0 Å². The van der Waals surface area contributed by atoms with Gasteiger partial charge in [0.15, 0.2) is 5.78 Å². The average Bonchev–Trinajstić information content (AvgIpc) is 2.44. The van der Waals surface area contributed by atoms with Crippen LogP contribution in [0, 0.1) is 22.7 Å². The Kier molecular flexibility index (Phi) is 4.15. The van der Waals surface area contributed by atoms with Crippen molar-refractivity contribution in [2.45, 2.75) is 69.1 Å². The molecule has 0 aromatic heterocycles. The number of hydrogen-bond acceptors (Lipinski definition) is 1. The molecule has 122 valence electrons. The molecule has 3 aliphatic carbocycles. The zero-order valence-corrected chi connectivity index (χ0v) is 16.4.